The van der Waals surface area contributed by atoms with Crippen molar-refractivity contribution in [3.8, 4) is 11.1 Å². The van der Waals surface area contributed by atoms with Crippen LogP contribution in [0.1, 0.15) is 19.4 Å². The number of hydrogen-bond donors (Lipinski definition) is 2. The normalized spacial score (nSPS) is 15.1. The molecule has 6 nitrogen and oxygen atoms in total. The second-order valence-electron chi connectivity index (χ2n) is 7.23. The summed E-state index contributed by atoms with van der Waals surface area (Å²) in [4.78, 5) is 8.48. The van der Waals surface area contributed by atoms with Crippen LogP contribution in [0, 0.1) is 5.82 Å². The highest BCUT2D eigenvalue weighted by atomic mass is 32.2. The summed E-state index contributed by atoms with van der Waals surface area (Å²) in [5, 5.41) is 0. The molecule has 0 saturated heterocycles. The molecule has 0 spiro atoms. The van der Waals surface area contributed by atoms with Gasteiger partial charge in [-0.05, 0) is 37.6 Å². The topological polar surface area (TPSA) is 111 Å². The van der Waals surface area contributed by atoms with Gasteiger partial charge in [0.1, 0.15) is 11.7 Å². The number of rotatable bonds is 5. The Labute approximate surface area is 164 Å². The van der Waals surface area contributed by atoms with E-state index in [4.69, 9.17) is 11.5 Å². The summed E-state index contributed by atoms with van der Waals surface area (Å²) >= 11 is 0. The van der Waals surface area contributed by atoms with E-state index in [1.165, 1.54) is 12.1 Å². The average molecular weight is 402 g/mol. The van der Waals surface area contributed by atoms with Crippen molar-refractivity contribution < 1.29 is 12.8 Å². The van der Waals surface area contributed by atoms with Crippen LogP contribution >= 0.6 is 0 Å². The third kappa shape index (κ3) is 3.57. The molecular formula is C20H23FN4O2S. The number of aliphatic imine (C=N–C) groups is 2. The van der Waals surface area contributed by atoms with Crippen molar-refractivity contribution in [2.45, 2.75) is 23.5 Å². The van der Waals surface area contributed by atoms with Gasteiger partial charge < -0.3 is 11.5 Å². The monoisotopic (exact) mass is 402 g/mol. The van der Waals surface area contributed by atoms with Crippen molar-refractivity contribution in [2.24, 2.45) is 21.5 Å². The van der Waals surface area contributed by atoms with Gasteiger partial charge in [0.15, 0.2) is 9.84 Å². The Morgan fingerprint density at radius 1 is 1.07 bits per heavy atom. The van der Waals surface area contributed by atoms with Gasteiger partial charge in [0, 0.05) is 17.7 Å². The molecule has 0 unspecified atom stereocenters. The minimum Gasteiger partial charge on any atom is -0.386 e. The number of hydrogen-bond acceptors (Lipinski definition) is 6. The van der Waals surface area contributed by atoms with E-state index in [1.807, 2.05) is 0 Å². The van der Waals surface area contributed by atoms with Crippen LogP contribution in [0.2, 0.25) is 0 Å². The fourth-order valence-electron chi connectivity index (χ4n) is 2.89. The second-order valence-corrected chi connectivity index (χ2v) is 9.78. The molecule has 2 aromatic carbocycles. The van der Waals surface area contributed by atoms with Crippen molar-refractivity contribution >= 4 is 21.4 Å². The van der Waals surface area contributed by atoms with Gasteiger partial charge in [-0.25, -0.2) is 12.8 Å². The van der Waals surface area contributed by atoms with Crippen molar-refractivity contribution in [3.05, 3.63) is 53.8 Å². The summed E-state index contributed by atoms with van der Waals surface area (Å²) in [7, 11) is -3.72. The molecule has 0 aromatic heterocycles. The quantitative estimate of drug-likeness (QED) is 0.798. The van der Waals surface area contributed by atoms with Crippen molar-refractivity contribution in [1.29, 1.82) is 0 Å². The fourth-order valence-corrected chi connectivity index (χ4v) is 4.43. The lowest BCUT2D eigenvalue weighted by atomic mass is 10.0. The Morgan fingerprint density at radius 3 is 2.39 bits per heavy atom. The van der Waals surface area contributed by atoms with Gasteiger partial charge in [-0.2, -0.15) is 0 Å². The maximum Gasteiger partial charge on any atom is 0.185 e. The number of benzene rings is 2. The van der Waals surface area contributed by atoms with E-state index in [-0.39, 0.29) is 24.5 Å². The van der Waals surface area contributed by atoms with E-state index in [1.54, 1.807) is 44.2 Å². The standard InChI is InChI=1S/C20H23FN4O2S/c1-20(2,12-22)28(26,27)18-6-4-3-5-14(18)13-7-8-15(16(21)9-13)17-10-25-19(23)11-24-17/h3-9H,10-12,22H2,1-2H3,(H2,23,25). The minimum absolute atomic E-state index is 0.0273. The molecule has 0 aliphatic carbocycles. The highest BCUT2D eigenvalue weighted by molar-refractivity contribution is 7.93. The minimum atomic E-state index is -3.72. The highest BCUT2D eigenvalue weighted by Gasteiger charge is 2.36. The lowest BCUT2D eigenvalue weighted by Crippen LogP contribution is -2.39. The second kappa shape index (κ2) is 7.44. The van der Waals surface area contributed by atoms with Gasteiger partial charge in [-0.3, -0.25) is 9.98 Å². The third-order valence-corrected chi connectivity index (χ3v) is 7.41. The van der Waals surface area contributed by atoms with E-state index < -0.39 is 20.4 Å². The van der Waals surface area contributed by atoms with E-state index in [9.17, 15) is 12.8 Å². The molecule has 148 valence electrons. The summed E-state index contributed by atoms with van der Waals surface area (Å²) < 4.78 is 39.9. The van der Waals surface area contributed by atoms with Crippen LogP contribution in [0.3, 0.4) is 0 Å². The molecular weight excluding hydrogens is 379 g/mol. The number of amidine groups is 1. The van der Waals surface area contributed by atoms with E-state index in [2.05, 4.69) is 9.98 Å². The predicted octanol–water partition coefficient (Wildman–Crippen LogP) is 2.16. The molecule has 0 saturated carbocycles. The zero-order valence-corrected chi connectivity index (χ0v) is 16.6. The molecule has 0 amide bonds. The van der Waals surface area contributed by atoms with Crippen LogP contribution in [0.5, 0.6) is 0 Å². The lowest BCUT2D eigenvalue weighted by Gasteiger charge is -2.24. The average Bonchev–Trinajstić information content (AvgIpc) is 2.68. The molecule has 1 aliphatic heterocycles. The van der Waals surface area contributed by atoms with Gasteiger partial charge in [-0.1, -0.05) is 24.3 Å². The SMILES string of the molecule is CC(C)(CN)S(=O)(=O)c1ccccc1-c1ccc(C2=NCC(N)=NC2)c(F)c1. The number of nitrogens with zero attached hydrogens (tertiary/aromatic N) is 2. The molecule has 0 fully saturated rings. The van der Waals surface area contributed by atoms with Crippen LogP contribution in [0.25, 0.3) is 11.1 Å². The molecule has 0 bridgehead atoms. The summed E-state index contributed by atoms with van der Waals surface area (Å²) in [6.07, 6.45) is 0. The van der Waals surface area contributed by atoms with Gasteiger partial charge in [-0.15, -0.1) is 0 Å². The highest BCUT2D eigenvalue weighted by Crippen LogP contribution is 2.34. The Balaban J connectivity index is 2.06. The largest absolute Gasteiger partial charge is 0.386 e. The van der Waals surface area contributed by atoms with Crippen molar-refractivity contribution in [3.63, 3.8) is 0 Å². The van der Waals surface area contributed by atoms with Gasteiger partial charge in [0.25, 0.3) is 0 Å². The number of sulfone groups is 1. The van der Waals surface area contributed by atoms with Gasteiger partial charge in [0.05, 0.1) is 28.4 Å². The first-order valence-electron chi connectivity index (χ1n) is 8.83. The van der Waals surface area contributed by atoms with E-state index in [0.717, 1.165) is 0 Å². The van der Waals surface area contributed by atoms with Crippen LogP contribution in [0.15, 0.2) is 57.3 Å². The Hall–Kier alpha value is -2.58. The first-order chi connectivity index (χ1) is 13.2. The van der Waals surface area contributed by atoms with Crippen molar-refractivity contribution in [1.82, 2.24) is 0 Å². The summed E-state index contributed by atoms with van der Waals surface area (Å²) in [5.41, 5.74) is 13.0. The first-order valence-corrected chi connectivity index (χ1v) is 10.3. The lowest BCUT2D eigenvalue weighted by molar-refractivity contribution is 0.549. The Bertz CT molecular complexity index is 1080. The summed E-state index contributed by atoms with van der Waals surface area (Å²) in [5.74, 6) is -0.0698. The van der Waals surface area contributed by atoms with Crippen LogP contribution in [-0.2, 0) is 9.84 Å². The Kier molecular flexibility index (Phi) is 5.36. The van der Waals surface area contributed by atoms with Crippen molar-refractivity contribution in [2.75, 3.05) is 19.6 Å². The molecule has 2 aromatic rings. The predicted molar refractivity (Wildman–Crippen MR) is 110 cm³/mol. The molecule has 4 N–H and O–H groups in total. The molecule has 3 rings (SSSR count). The maximum absolute atomic E-state index is 14.8. The zero-order valence-electron chi connectivity index (χ0n) is 15.8. The van der Waals surface area contributed by atoms with Gasteiger partial charge >= 0.3 is 0 Å². The Morgan fingerprint density at radius 2 is 1.79 bits per heavy atom. The third-order valence-electron chi connectivity index (χ3n) is 4.85. The van der Waals surface area contributed by atoms with Gasteiger partial charge in [0.2, 0.25) is 0 Å². The molecule has 1 aliphatic rings. The maximum atomic E-state index is 14.8. The summed E-state index contributed by atoms with van der Waals surface area (Å²) in [6.45, 7) is 3.59. The van der Waals surface area contributed by atoms with Crippen LogP contribution in [-0.4, -0.2) is 44.3 Å². The zero-order chi connectivity index (χ0) is 20.5. The number of halogens is 1. The van der Waals surface area contributed by atoms with E-state index >= 15 is 0 Å². The number of nitrogens with two attached hydrogens (primary N) is 2. The molecule has 1 heterocycles. The molecule has 28 heavy (non-hydrogen) atoms. The van der Waals surface area contributed by atoms with E-state index in [0.29, 0.717) is 28.2 Å². The fraction of sp³-hybridized carbons (Fsp3) is 0.300. The van der Waals surface area contributed by atoms with Crippen LogP contribution in [0.4, 0.5) is 4.39 Å². The molecule has 0 radical (unpaired) electrons. The first kappa shape index (κ1) is 20.2. The summed E-state index contributed by atoms with van der Waals surface area (Å²) in [6, 6.07) is 11.2. The molecule has 0 atom stereocenters. The van der Waals surface area contributed by atoms with Crippen LogP contribution < -0.4 is 11.5 Å². The molecule has 8 heteroatoms. The smallest absolute Gasteiger partial charge is 0.185 e.